The second-order valence-electron chi connectivity index (χ2n) is 7.70. The Hall–Kier alpha value is -3.54. The lowest BCUT2D eigenvalue weighted by Gasteiger charge is -2.12. The van der Waals surface area contributed by atoms with Crippen molar-refractivity contribution in [2.24, 2.45) is 0 Å². The van der Waals surface area contributed by atoms with E-state index in [1.165, 1.54) is 12.1 Å². The topological polar surface area (TPSA) is 0 Å². The normalized spacial score (nSPS) is 11.7. The first-order valence-electron chi connectivity index (χ1n) is 10.2. The fourth-order valence-corrected chi connectivity index (χ4v) is 3.84. The van der Waals surface area contributed by atoms with E-state index >= 15 is 4.39 Å². The van der Waals surface area contributed by atoms with Crippen LogP contribution in [0.1, 0.15) is 17.5 Å². The summed E-state index contributed by atoms with van der Waals surface area (Å²) < 4.78 is 81.4. The molecule has 6 heteroatoms. The Balaban J connectivity index is 1.67. The summed E-state index contributed by atoms with van der Waals surface area (Å²) in [6.45, 7) is 3.70. The van der Waals surface area contributed by atoms with Gasteiger partial charge in [0, 0.05) is 10.9 Å². The summed E-state index contributed by atoms with van der Waals surface area (Å²) in [4.78, 5) is 0. The molecule has 0 aromatic heterocycles. The van der Waals surface area contributed by atoms with Crippen molar-refractivity contribution in [3.63, 3.8) is 0 Å². The van der Waals surface area contributed by atoms with Crippen molar-refractivity contribution in [3.05, 3.63) is 108 Å². The SMILES string of the molecule is C=CCCc1ccc2c(F)c(-c3ccc(-c4cc(F)c(C(F)(F)F)c(F)c4)cc3)ccc2c1. The molecule has 33 heavy (non-hydrogen) atoms. The molecule has 168 valence electrons. The monoisotopic (exact) mass is 456 g/mol. The molecule has 0 atom stereocenters. The van der Waals surface area contributed by atoms with Crippen molar-refractivity contribution in [1.29, 1.82) is 0 Å². The maximum atomic E-state index is 15.2. The molecule has 0 nitrogen and oxygen atoms in total. The van der Waals surface area contributed by atoms with Crippen molar-refractivity contribution in [3.8, 4) is 22.3 Å². The zero-order chi connectivity index (χ0) is 23.8. The molecule has 0 aliphatic rings. The van der Waals surface area contributed by atoms with Gasteiger partial charge in [-0.1, -0.05) is 60.7 Å². The summed E-state index contributed by atoms with van der Waals surface area (Å²) in [7, 11) is 0. The molecule has 4 aromatic carbocycles. The van der Waals surface area contributed by atoms with Crippen LogP contribution >= 0.6 is 0 Å². The Labute approximate surface area is 186 Å². The van der Waals surface area contributed by atoms with E-state index in [0.29, 0.717) is 34.2 Å². The minimum absolute atomic E-state index is 0.0458. The van der Waals surface area contributed by atoms with Crippen molar-refractivity contribution in [2.75, 3.05) is 0 Å². The van der Waals surface area contributed by atoms with Crippen LogP contribution in [0.5, 0.6) is 0 Å². The number of fused-ring (bicyclic) bond motifs is 1. The minimum atomic E-state index is -5.13. The van der Waals surface area contributed by atoms with Gasteiger partial charge in [0.2, 0.25) is 0 Å². The molecule has 4 rings (SSSR count). The van der Waals surface area contributed by atoms with Crippen LogP contribution in [0.2, 0.25) is 0 Å². The highest BCUT2D eigenvalue weighted by Gasteiger charge is 2.37. The number of aryl methyl sites for hydroxylation is 1. The molecule has 0 amide bonds. The maximum absolute atomic E-state index is 15.2. The molecule has 0 N–H and O–H groups in total. The van der Waals surface area contributed by atoms with Crippen LogP contribution in [0.4, 0.5) is 26.3 Å². The van der Waals surface area contributed by atoms with E-state index in [4.69, 9.17) is 0 Å². The van der Waals surface area contributed by atoms with Gasteiger partial charge in [-0.15, -0.1) is 6.58 Å². The zero-order valence-corrected chi connectivity index (χ0v) is 17.3. The van der Waals surface area contributed by atoms with Gasteiger partial charge in [0.25, 0.3) is 0 Å². The predicted molar refractivity (Wildman–Crippen MR) is 118 cm³/mol. The molecule has 0 unspecified atom stereocenters. The number of allylic oxidation sites excluding steroid dienone is 1. The largest absolute Gasteiger partial charge is 0.422 e. The number of halogens is 6. The number of alkyl halides is 3. The molecule has 0 bridgehead atoms. The Kier molecular flexibility index (Phi) is 6.02. The van der Waals surface area contributed by atoms with E-state index in [2.05, 4.69) is 6.58 Å². The van der Waals surface area contributed by atoms with Crippen LogP contribution in [0.3, 0.4) is 0 Å². The summed E-state index contributed by atoms with van der Waals surface area (Å²) in [6, 6.07) is 16.4. The fraction of sp³-hybridized carbons (Fsp3) is 0.111. The third kappa shape index (κ3) is 4.51. The highest BCUT2D eigenvalue weighted by molar-refractivity contribution is 5.89. The Morgan fingerprint density at radius 2 is 1.36 bits per heavy atom. The number of benzene rings is 4. The van der Waals surface area contributed by atoms with Gasteiger partial charge < -0.3 is 0 Å². The van der Waals surface area contributed by atoms with Crippen LogP contribution in [0, 0.1) is 17.5 Å². The third-order valence-corrected chi connectivity index (χ3v) is 5.51. The number of rotatable bonds is 5. The molecule has 0 aliphatic heterocycles. The number of hydrogen-bond donors (Lipinski definition) is 0. The van der Waals surface area contributed by atoms with Gasteiger partial charge in [-0.05, 0) is 52.6 Å². The van der Waals surface area contributed by atoms with E-state index < -0.39 is 29.2 Å². The lowest BCUT2D eigenvalue weighted by atomic mass is 9.96. The van der Waals surface area contributed by atoms with Crippen LogP contribution < -0.4 is 0 Å². The van der Waals surface area contributed by atoms with E-state index in [1.54, 1.807) is 24.3 Å². The van der Waals surface area contributed by atoms with Gasteiger partial charge in [0.05, 0.1) is 0 Å². The van der Waals surface area contributed by atoms with E-state index in [1.807, 2.05) is 24.3 Å². The summed E-state index contributed by atoms with van der Waals surface area (Å²) in [5.74, 6) is -3.77. The van der Waals surface area contributed by atoms with Crippen LogP contribution in [-0.2, 0) is 12.6 Å². The van der Waals surface area contributed by atoms with Crippen molar-refractivity contribution in [1.82, 2.24) is 0 Å². The third-order valence-electron chi connectivity index (χ3n) is 5.51. The first kappa shape index (κ1) is 22.6. The van der Waals surface area contributed by atoms with E-state index in [-0.39, 0.29) is 5.56 Å². The van der Waals surface area contributed by atoms with Gasteiger partial charge in [-0.25, -0.2) is 13.2 Å². The van der Waals surface area contributed by atoms with Gasteiger partial charge in [-0.2, -0.15) is 13.2 Å². The molecular weight excluding hydrogens is 438 g/mol. The molecule has 0 radical (unpaired) electrons. The minimum Gasteiger partial charge on any atom is -0.206 e. The van der Waals surface area contributed by atoms with Crippen molar-refractivity contribution < 1.29 is 26.3 Å². The van der Waals surface area contributed by atoms with Crippen LogP contribution in [0.15, 0.2) is 79.4 Å². The van der Waals surface area contributed by atoms with Gasteiger partial charge in [-0.3, -0.25) is 0 Å². The summed E-state index contributed by atoms with van der Waals surface area (Å²) >= 11 is 0. The Morgan fingerprint density at radius 1 is 0.727 bits per heavy atom. The molecule has 4 aromatic rings. The van der Waals surface area contributed by atoms with Gasteiger partial charge >= 0.3 is 6.18 Å². The molecule has 0 spiro atoms. The van der Waals surface area contributed by atoms with Gasteiger partial charge in [0.1, 0.15) is 23.0 Å². The molecule has 0 saturated carbocycles. The maximum Gasteiger partial charge on any atom is 0.422 e. The van der Waals surface area contributed by atoms with Gasteiger partial charge in [0.15, 0.2) is 0 Å². The Morgan fingerprint density at radius 3 is 1.97 bits per heavy atom. The lowest BCUT2D eigenvalue weighted by Crippen LogP contribution is -2.11. The predicted octanol–water partition coefficient (Wildman–Crippen LogP) is 8.73. The van der Waals surface area contributed by atoms with Crippen molar-refractivity contribution in [2.45, 2.75) is 19.0 Å². The molecule has 0 aliphatic carbocycles. The second kappa shape index (κ2) is 8.77. The standard InChI is InChI=1S/C27H18F6/c1-2-3-4-16-5-11-22-19(13-16)10-12-21(26(22)30)18-8-6-17(7-9-18)20-14-23(28)25(24(29)15-20)27(31,32)33/h2,5-15H,1,3-4H2. The van der Waals surface area contributed by atoms with E-state index in [0.717, 1.165) is 23.8 Å². The smallest absolute Gasteiger partial charge is 0.206 e. The molecule has 0 heterocycles. The lowest BCUT2D eigenvalue weighted by molar-refractivity contribution is -0.142. The quantitative estimate of drug-likeness (QED) is 0.208. The number of hydrogen-bond acceptors (Lipinski definition) is 0. The fourth-order valence-electron chi connectivity index (χ4n) is 3.84. The second-order valence-corrected chi connectivity index (χ2v) is 7.70. The van der Waals surface area contributed by atoms with E-state index in [9.17, 15) is 22.0 Å². The zero-order valence-electron chi connectivity index (χ0n) is 17.3. The van der Waals surface area contributed by atoms with Crippen LogP contribution in [0.25, 0.3) is 33.0 Å². The summed E-state index contributed by atoms with van der Waals surface area (Å²) in [6.07, 6.45) is -1.66. The molecule has 0 saturated heterocycles. The van der Waals surface area contributed by atoms with Crippen molar-refractivity contribution >= 4 is 10.8 Å². The first-order valence-corrected chi connectivity index (χ1v) is 10.2. The summed E-state index contributed by atoms with van der Waals surface area (Å²) in [5, 5.41) is 1.23. The molecule has 0 fully saturated rings. The highest BCUT2D eigenvalue weighted by Crippen LogP contribution is 2.36. The average molecular weight is 456 g/mol. The average Bonchev–Trinajstić information content (AvgIpc) is 2.76. The first-order chi connectivity index (χ1) is 15.7. The summed E-state index contributed by atoms with van der Waals surface area (Å²) in [5.41, 5.74) is 0.289. The highest BCUT2D eigenvalue weighted by atomic mass is 19.4. The molecular formula is C27H18F6. The Bertz CT molecular complexity index is 1310. The van der Waals surface area contributed by atoms with Crippen LogP contribution in [-0.4, -0.2) is 0 Å².